The predicted molar refractivity (Wildman–Crippen MR) is 481 cm³/mol. The Morgan fingerprint density at radius 2 is 0.473 bits per heavy atom. The van der Waals surface area contributed by atoms with Gasteiger partial charge in [0.2, 0.25) is 0 Å². The van der Waals surface area contributed by atoms with Crippen LogP contribution in [0, 0.1) is 0 Å². The van der Waals surface area contributed by atoms with Crippen molar-refractivity contribution < 1.29 is 0 Å². The molecule has 2 aliphatic rings. The van der Waals surface area contributed by atoms with Gasteiger partial charge in [0.25, 0.3) is 0 Å². The van der Waals surface area contributed by atoms with E-state index in [0.717, 1.165) is 48.4 Å². The monoisotopic (exact) mass is 1460 g/mol. The Balaban J connectivity index is 0.769. The van der Waals surface area contributed by atoms with Gasteiger partial charge in [-0.25, -0.2) is 0 Å². The standard InChI is InChI=1S/C110H108N2/c1-7-11-15-29-73-110(72-28-14-10-4)105-49-25-23-47-101(105)103-69-67-99(79-107(103)110)112(97-45-33-43-91(77-97)89-41-31-39-87(75-89)85-56-52-83(53-57-85)81-36-20-17-21-37-81)95-64-60-93(61-65-95)108(5,6)92-58-62-94(63-59-92)111(98-66-68-102-100-46-22-24-48-104(100)109(106(102)78-98,70-26-12-8-2)71-27-13-9-3)96-44-32-42-90(76-96)88-40-30-38-86(74-88)84-54-50-82(51-55-84)80-34-18-16-19-35-80/h16-25,30-69,74-79H,7-15,26-29,70-73H2,1-6H3. The molecule has 0 aliphatic heterocycles. The molecule has 1 unspecified atom stereocenters. The van der Waals surface area contributed by atoms with Crippen LogP contribution in [0.25, 0.3) is 89.0 Å². The summed E-state index contributed by atoms with van der Waals surface area (Å²) in [5.41, 5.74) is 35.0. The number of rotatable bonds is 31. The minimum Gasteiger partial charge on any atom is -0.310 e. The summed E-state index contributed by atoms with van der Waals surface area (Å²) in [6, 6.07) is 129. The minimum absolute atomic E-state index is 0.0601. The number of fused-ring (bicyclic) bond motifs is 6. The molecule has 0 fully saturated rings. The molecular weight excluding hydrogens is 1350 g/mol. The number of benzene rings is 14. The molecule has 16 rings (SSSR count). The van der Waals surface area contributed by atoms with Crippen LogP contribution in [0.15, 0.2) is 340 Å². The molecule has 1 atom stereocenters. The van der Waals surface area contributed by atoms with Crippen molar-refractivity contribution in [2.75, 3.05) is 9.80 Å². The molecule has 14 aromatic carbocycles. The van der Waals surface area contributed by atoms with E-state index in [9.17, 15) is 0 Å². The van der Waals surface area contributed by atoms with E-state index in [0.29, 0.717) is 0 Å². The average molecular weight is 1460 g/mol. The molecule has 0 bridgehead atoms. The van der Waals surface area contributed by atoms with E-state index in [1.807, 2.05) is 0 Å². The van der Waals surface area contributed by atoms with E-state index >= 15 is 0 Å². The maximum atomic E-state index is 2.61. The quantitative estimate of drug-likeness (QED) is 0.0400. The third-order valence-corrected chi connectivity index (χ3v) is 25.0. The van der Waals surface area contributed by atoms with Crippen LogP contribution >= 0.6 is 0 Å². The molecule has 0 amide bonds. The van der Waals surface area contributed by atoms with Crippen LogP contribution in [-0.2, 0) is 16.2 Å². The van der Waals surface area contributed by atoms with Gasteiger partial charge in [-0.15, -0.1) is 0 Å². The lowest BCUT2D eigenvalue weighted by atomic mass is 9.70. The third-order valence-electron chi connectivity index (χ3n) is 25.0. The molecule has 112 heavy (non-hydrogen) atoms. The summed E-state index contributed by atoms with van der Waals surface area (Å²) in [5.74, 6) is 0. The van der Waals surface area contributed by atoms with Crippen molar-refractivity contribution in [2.45, 2.75) is 167 Å². The second-order valence-electron chi connectivity index (χ2n) is 32.4. The Bertz CT molecular complexity index is 5500. The Morgan fingerprint density at radius 1 is 0.205 bits per heavy atom. The predicted octanol–water partition coefficient (Wildman–Crippen LogP) is 32.2. The lowest BCUT2D eigenvalue weighted by molar-refractivity contribution is 0.403. The smallest absolute Gasteiger partial charge is 0.0467 e. The summed E-state index contributed by atoms with van der Waals surface area (Å²) in [6.07, 6.45) is 20.5. The highest BCUT2D eigenvalue weighted by atomic mass is 15.1. The van der Waals surface area contributed by atoms with Crippen LogP contribution in [0.5, 0.6) is 0 Å². The second-order valence-corrected chi connectivity index (χ2v) is 32.4. The van der Waals surface area contributed by atoms with Crippen molar-refractivity contribution in [3.05, 3.63) is 373 Å². The average Bonchev–Trinajstić information content (AvgIpc) is 1.56. The molecule has 2 aliphatic carbocycles. The zero-order chi connectivity index (χ0) is 76.4. The van der Waals surface area contributed by atoms with Crippen molar-refractivity contribution in [2.24, 2.45) is 0 Å². The van der Waals surface area contributed by atoms with Crippen molar-refractivity contribution in [1.82, 2.24) is 0 Å². The van der Waals surface area contributed by atoms with Crippen molar-refractivity contribution >= 4 is 34.1 Å². The molecular formula is C110H108N2. The van der Waals surface area contributed by atoms with Crippen LogP contribution in [-0.4, -0.2) is 0 Å². The van der Waals surface area contributed by atoms with Gasteiger partial charge in [-0.1, -0.05) is 380 Å². The molecule has 0 saturated carbocycles. The van der Waals surface area contributed by atoms with Gasteiger partial charge in [0.1, 0.15) is 0 Å². The highest BCUT2D eigenvalue weighted by molar-refractivity contribution is 5.90. The van der Waals surface area contributed by atoms with E-state index in [2.05, 4.69) is 391 Å². The number of hydrogen-bond acceptors (Lipinski definition) is 2. The first-order chi connectivity index (χ1) is 55.1. The topological polar surface area (TPSA) is 6.48 Å². The zero-order valence-electron chi connectivity index (χ0n) is 66.7. The van der Waals surface area contributed by atoms with Gasteiger partial charge in [-0.05, 0) is 233 Å². The normalized spacial score (nSPS) is 13.8. The highest BCUT2D eigenvalue weighted by Gasteiger charge is 2.44. The van der Waals surface area contributed by atoms with Crippen LogP contribution in [0.2, 0.25) is 0 Å². The fraction of sp³-hybridized carbons (Fsp3) is 0.236. The number of nitrogens with zero attached hydrogens (tertiary/aromatic N) is 2. The van der Waals surface area contributed by atoms with Crippen molar-refractivity contribution in [3.8, 4) is 89.0 Å². The van der Waals surface area contributed by atoms with Crippen LogP contribution in [0.1, 0.15) is 184 Å². The second kappa shape index (κ2) is 33.7. The van der Waals surface area contributed by atoms with E-state index < -0.39 is 0 Å². The molecule has 0 heterocycles. The SMILES string of the molecule is CCCCCCC1(CCCCC)c2ccccc2-c2ccc(N(c3ccc(C(C)(C)c4ccc(N(c5cccc(-c6cccc(-c7ccc(-c8ccccc8)cc7)c6)c5)c5ccc6c(c5)C(CCCCC)(CCCCC)c5ccccc5-6)cc4)cc3)c3cccc(-c4cccc(-c5ccc(-c6ccccc6)cc5)c4)c3)cc21. The molecule has 14 aromatic rings. The third kappa shape index (κ3) is 15.1. The van der Waals surface area contributed by atoms with Crippen molar-refractivity contribution in [3.63, 3.8) is 0 Å². The first-order valence-corrected chi connectivity index (χ1v) is 42.1. The maximum absolute atomic E-state index is 2.61. The van der Waals surface area contributed by atoms with Gasteiger partial charge in [0.05, 0.1) is 0 Å². The van der Waals surface area contributed by atoms with Crippen molar-refractivity contribution in [1.29, 1.82) is 0 Å². The lowest BCUT2D eigenvalue weighted by Crippen LogP contribution is -2.26. The Labute approximate surface area is 668 Å². The molecule has 2 nitrogen and oxygen atoms in total. The Morgan fingerprint density at radius 3 is 0.848 bits per heavy atom. The fourth-order valence-corrected chi connectivity index (χ4v) is 18.9. The van der Waals surface area contributed by atoms with Crippen LogP contribution in [0.4, 0.5) is 34.1 Å². The van der Waals surface area contributed by atoms with E-state index in [4.69, 9.17) is 0 Å². The Kier molecular flexibility index (Phi) is 22.5. The van der Waals surface area contributed by atoms with Gasteiger partial charge in [-0.3, -0.25) is 0 Å². The Hall–Kier alpha value is -11.3. The lowest BCUT2D eigenvalue weighted by Gasteiger charge is -2.34. The summed E-state index contributed by atoms with van der Waals surface area (Å²) in [5, 5.41) is 0. The first-order valence-electron chi connectivity index (χ1n) is 42.1. The molecule has 2 heteroatoms. The fourth-order valence-electron chi connectivity index (χ4n) is 18.9. The van der Waals surface area contributed by atoms with Gasteiger partial charge in [0, 0.05) is 50.4 Å². The van der Waals surface area contributed by atoms with Crippen LogP contribution < -0.4 is 9.80 Å². The van der Waals surface area contributed by atoms with E-state index in [1.165, 1.54) is 217 Å². The zero-order valence-corrected chi connectivity index (χ0v) is 66.7. The van der Waals surface area contributed by atoms with E-state index in [-0.39, 0.29) is 16.2 Å². The minimum atomic E-state index is -0.350. The summed E-state index contributed by atoms with van der Waals surface area (Å²) in [7, 11) is 0. The van der Waals surface area contributed by atoms with Gasteiger partial charge >= 0.3 is 0 Å². The molecule has 0 aromatic heterocycles. The number of unbranched alkanes of at least 4 members (excludes halogenated alkanes) is 9. The number of hydrogen-bond donors (Lipinski definition) is 0. The van der Waals surface area contributed by atoms with Gasteiger partial charge < -0.3 is 9.80 Å². The van der Waals surface area contributed by atoms with Crippen LogP contribution in [0.3, 0.4) is 0 Å². The highest BCUT2D eigenvalue weighted by Crippen LogP contribution is 2.58. The maximum Gasteiger partial charge on any atom is 0.0467 e. The molecule has 0 spiro atoms. The first kappa shape index (κ1) is 74.8. The number of anilines is 6. The largest absolute Gasteiger partial charge is 0.310 e. The summed E-state index contributed by atoms with van der Waals surface area (Å²) < 4.78 is 0. The molecule has 0 N–H and O–H groups in total. The van der Waals surface area contributed by atoms with E-state index in [1.54, 1.807) is 0 Å². The summed E-state index contributed by atoms with van der Waals surface area (Å²) >= 11 is 0. The summed E-state index contributed by atoms with van der Waals surface area (Å²) in [6.45, 7) is 14.2. The summed E-state index contributed by atoms with van der Waals surface area (Å²) in [4.78, 5) is 5.08. The van der Waals surface area contributed by atoms with Gasteiger partial charge in [0.15, 0.2) is 0 Å². The van der Waals surface area contributed by atoms with Gasteiger partial charge in [-0.2, -0.15) is 0 Å². The molecule has 0 radical (unpaired) electrons. The molecule has 0 saturated heterocycles. The molecule has 558 valence electrons.